The zero-order valence-electron chi connectivity index (χ0n) is 16.7. The highest BCUT2D eigenvalue weighted by Gasteiger charge is 2.40. The zero-order valence-corrected chi connectivity index (χ0v) is 16.7. The lowest BCUT2D eigenvalue weighted by Crippen LogP contribution is -2.44. The van der Waals surface area contributed by atoms with Crippen LogP contribution in [-0.2, 0) is 17.9 Å². The van der Waals surface area contributed by atoms with E-state index in [4.69, 9.17) is 9.15 Å². The summed E-state index contributed by atoms with van der Waals surface area (Å²) >= 11 is 0. The van der Waals surface area contributed by atoms with Crippen molar-refractivity contribution >= 4 is 11.9 Å². The Bertz CT molecular complexity index is 1120. The number of ether oxygens (including phenoxy) is 1. The molecule has 1 aromatic heterocycles. The molecular formula is C24H21N3O4. The van der Waals surface area contributed by atoms with E-state index in [0.29, 0.717) is 36.7 Å². The van der Waals surface area contributed by atoms with Gasteiger partial charge in [0.2, 0.25) is 0 Å². The maximum absolute atomic E-state index is 13.1. The fraction of sp³-hybridized carbons (Fsp3) is 0.167. The van der Waals surface area contributed by atoms with Crippen LogP contribution in [0.15, 0.2) is 88.7 Å². The molecule has 156 valence electrons. The van der Waals surface area contributed by atoms with Gasteiger partial charge in [-0.05, 0) is 35.4 Å². The van der Waals surface area contributed by atoms with Gasteiger partial charge in [-0.15, -0.1) is 0 Å². The van der Waals surface area contributed by atoms with Crippen LogP contribution >= 0.6 is 0 Å². The molecule has 0 fully saturated rings. The molecule has 0 saturated carbocycles. The van der Waals surface area contributed by atoms with Gasteiger partial charge in [0.05, 0.1) is 36.7 Å². The van der Waals surface area contributed by atoms with E-state index in [1.54, 1.807) is 17.2 Å². The van der Waals surface area contributed by atoms with Crippen molar-refractivity contribution in [3.63, 3.8) is 0 Å². The third-order valence-electron chi connectivity index (χ3n) is 5.41. The van der Waals surface area contributed by atoms with E-state index in [-0.39, 0.29) is 11.9 Å². The molecule has 2 N–H and O–H groups in total. The molecule has 3 heterocycles. The molecule has 2 aliphatic rings. The molecule has 0 saturated heterocycles. The summed E-state index contributed by atoms with van der Waals surface area (Å²) in [5.41, 5.74) is 3.10. The third kappa shape index (κ3) is 3.90. The summed E-state index contributed by atoms with van der Waals surface area (Å²) in [5.74, 6) is 1.30. The highest BCUT2D eigenvalue weighted by molar-refractivity contribution is 6.01. The standard InChI is InChI=1S/C24H21N3O4/c28-23-21-20(14-27(23)13-19-7-4-12-30-19)25-24(29)26-22(21)17-8-10-18(11-9-17)31-15-16-5-2-1-3-6-16/h1-12,22H,13-15H2,(H2,25,26,29). The number of rotatable bonds is 6. The molecule has 31 heavy (non-hydrogen) atoms. The first kappa shape index (κ1) is 19.0. The topological polar surface area (TPSA) is 83.8 Å². The lowest BCUT2D eigenvalue weighted by atomic mass is 9.96. The summed E-state index contributed by atoms with van der Waals surface area (Å²) in [6.07, 6.45) is 1.58. The molecule has 0 bridgehead atoms. The largest absolute Gasteiger partial charge is 0.489 e. The Kier molecular flexibility index (Phi) is 4.92. The molecule has 1 unspecified atom stereocenters. The number of urea groups is 1. The number of carbonyl (C=O) groups is 2. The van der Waals surface area contributed by atoms with Gasteiger partial charge in [0.15, 0.2) is 0 Å². The highest BCUT2D eigenvalue weighted by atomic mass is 16.5. The van der Waals surface area contributed by atoms with Crippen molar-refractivity contribution in [1.29, 1.82) is 0 Å². The number of hydrogen-bond donors (Lipinski definition) is 2. The van der Waals surface area contributed by atoms with E-state index in [1.165, 1.54) is 0 Å². The van der Waals surface area contributed by atoms with Crippen molar-refractivity contribution < 1.29 is 18.7 Å². The molecule has 1 atom stereocenters. The summed E-state index contributed by atoms with van der Waals surface area (Å²) in [6, 6.07) is 20.2. The summed E-state index contributed by atoms with van der Waals surface area (Å²) in [5, 5.41) is 5.65. The second-order valence-electron chi connectivity index (χ2n) is 7.51. The molecular weight excluding hydrogens is 394 g/mol. The van der Waals surface area contributed by atoms with Gasteiger partial charge in [0.25, 0.3) is 5.91 Å². The number of nitrogens with zero attached hydrogens (tertiary/aromatic N) is 1. The van der Waals surface area contributed by atoms with Gasteiger partial charge < -0.3 is 24.7 Å². The van der Waals surface area contributed by atoms with E-state index < -0.39 is 6.04 Å². The summed E-state index contributed by atoms with van der Waals surface area (Å²) in [6.45, 7) is 1.17. The molecule has 3 aromatic rings. The summed E-state index contributed by atoms with van der Waals surface area (Å²) in [7, 11) is 0. The van der Waals surface area contributed by atoms with Crippen LogP contribution in [0, 0.1) is 0 Å². The first-order chi connectivity index (χ1) is 15.2. The van der Waals surface area contributed by atoms with Crippen molar-refractivity contribution in [3.8, 4) is 5.75 Å². The number of hydrogen-bond acceptors (Lipinski definition) is 4. The fourth-order valence-corrected chi connectivity index (χ4v) is 3.89. The molecule has 5 rings (SSSR count). The Balaban J connectivity index is 1.32. The Morgan fingerprint density at radius 1 is 1.00 bits per heavy atom. The van der Waals surface area contributed by atoms with Crippen LogP contribution in [0.3, 0.4) is 0 Å². The average molecular weight is 415 g/mol. The van der Waals surface area contributed by atoms with E-state index in [2.05, 4.69) is 10.6 Å². The first-order valence-electron chi connectivity index (χ1n) is 10.1. The molecule has 7 heteroatoms. The van der Waals surface area contributed by atoms with Gasteiger partial charge in [0, 0.05) is 0 Å². The second kappa shape index (κ2) is 8.02. The van der Waals surface area contributed by atoms with Crippen LogP contribution in [-0.4, -0.2) is 23.4 Å². The summed E-state index contributed by atoms with van der Waals surface area (Å²) in [4.78, 5) is 27.0. The van der Waals surface area contributed by atoms with Crippen LogP contribution in [0.25, 0.3) is 0 Å². The highest BCUT2D eigenvalue weighted by Crippen LogP contribution is 2.33. The summed E-state index contributed by atoms with van der Waals surface area (Å²) < 4.78 is 11.2. The Morgan fingerprint density at radius 2 is 1.81 bits per heavy atom. The first-order valence-corrected chi connectivity index (χ1v) is 10.1. The van der Waals surface area contributed by atoms with Crippen molar-refractivity contribution in [2.75, 3.05) is 6.54 Å². The van der Waals surface area contributed by atoms with Crippen LogP contribution in [0.1, 0.15) is 22.9 Å². The van der Waals surface area contributed by atoms with E-state index in [1.807, 2.05) is 60.7 Å². The lowest BCUT2D eigenvalue weighted by molar-refractivity contribution is -0.126. The predicted molar refractivity (Wildman–Crippen MR) is 113 cm³/mol. The molecule has 0 aliphatic carbocycles. The minimum Gasteiger partial charge on any atom is -0.489 e. The van der Waals surface area contributed by atoms with Crippen molar-refractivity contribution in [3.05, 3.63) is 101 Å². The Morgan fingerprint density at radius 3 is 2.55 bits per heavy atom. The maximum Gasteiger partial charge on any atom is 0.319 e. The van der Waals surface area contributed by atoms with E-state index >= 15 is 0 Å². The normalized spacial score (nSPS) is 17.9. The number of carbonyl (C=O) groups excluding carboxylic acids is 2. The van der Waals surface area contributed by atoms with E-state index in [9.17, 15) is 9.59 Å². The Hall–Kier alpha value is -4.00. The van der Waals surface area contributed by atoms with Gasteiger partial charge in [-0.2, -0.15) is 0 Å². The molecule has 7 nitrogen and oxygen atoms in total. The fourth-order valence-electron chi connectivity index (χ4n) is 3.89. The molecule has 3 amide bonds. The second-order valence-corrected chi connectivity index (χ2v) is 7.51. The number of nitrogens with one attached hydrogen (secondary N) is 2. The van der Waals surface area contributed by atoms with Crippen molar-refractivity contribution in [2.45, 2.75) is 19.2 Å². The number of furan rings is 1. The van der Waals surface area contributed by atoms with Gasteiger partial charge in [-0.25, -0.2) is 4.79 Å². The smallest absolute Gasteiger partial charge is 0.319 e. The maximum atomic E-state index is 13.1. The number of benzene rings is 2. The zero-order chi connectivity index (χ0) is 21.2. The van der Waals surface area contributed by atoms with Crippen LogP contribution in [0.5, 0.6) is 5.75 Å². The third-order valence-corrected chi connectivity index (χ3v) is 5.41. The average Bonchev–Trinajstić information content (AvgIpc) is 3.41. The van der Waals surface area contributed by atoms with Gasteiger partial charge in [-0.3, -0.25) is 4.79 Å². The SMILES string of the molecule is O=C1NC2=C(C(=O)N(Cc3ccco3)C2)C(c2ccc(OCc3ccccc3)cc2)N1. The molecule has 2 aliphatic heterocycles. The predicted octanol–water partition coefficient (Wildman–Crippen LogP) is 3.51. The van der Waals surface area contributed by atoms with Crippen molar-refractivity contribution in [2.24, 2.45) is 0 Å². The Labute approximate surface area is 179 Å². The van der Waals surface area contributed by atoms with Crippen LogP contribution < -0.4 is 15.4 Å². The molecule has 0 spiro atoms. The van der Waals surface area contributed by atoms with Crippen LogP contribution in [0.2, 0.25) is 0 Å². The van der Waals surface area contributed by atoms with Crippen LogP contribution in [0.4, 0.5) is 4.79 Å². The minimum atomic E-state index is -0.513. The van der Waals surface area contributed by atoms with Gasteiger partial charge in [0.1, 0.15) is 18.1 Å². The van der Waals surface area contributed by atoms with Gasteiger partial charge in [-0.1, -0.05) is 42.5 Å². The molecule has 0 radical (unpaired) electrons. The minimum absolute atomic E-state index is 0.117. The lowest BCUT2D eigenvalue weighted by Gasteiger charge is -2.25. The number of amides is 3. The molecule has 2 aromatic carbocycles. The van der Waals surface area contributed by atoms with E-state index in [0.717, 1.165) is 16.9 Å². The monoisotopic (exact) mass is 415 g/mol. The quantitative estimate of drug-likeness (QED) is 0.645. The van der Waals surface area contributed by atoms with Crippen molar-refractivity contribution in [1.82, 2.24) is 15.5 Å². The van der Waals surface area contributed by atoms with Gasteiger partial charge >= 0.3 is 6.03 Å².